The number of benzene rings is 1. The lowest BCUT2D eigenvalue weighted by Crippen LogP contribution is -2.34. The van der Waals surface area contributed by atoms with E-state index in [1.165, 1.54) is 0 Å². The number of rotatable bonds is 2. The molecule has 106 valence electrons. The van der Waals surface area contributed by atoms with Crippen LogP contribution >= 0.6 is 39.9 Å². The Morgan fingerprint density at radius 3 is 2.84 bits per heavy atom. The average Bonchev–Trinajstić information content (AvgIpc) is 2.73. The Kier molecular flexibility index (Phi) is 6.12. The molecule has 0 aromatic heterocycles. The third-order valence-electron chi connectivity index (χ3n) is 3.41. The topological polar surface area (TPSA) is 46.3 Å². The van der Waals surface area contributed by atoms with Crippen LogP contribution in [0.25, 0.3) is 0 Å². The molecule has 1 aromatic carbocycles. The fraction of sp³-hybridized carbons (Fsp3) is 0.462. The van der Waals surface area contributed by atoms with E-state index in [-0.39, 0.29) is 24.4 Å². The highest BCUT2D eigenvalue weighted by molar-refractivity contribution is 9.10. The van der Waals surface area contributed by atoms with Gasteiger partial charge in [-0.1, -0.05) is 11.6 Å². The number of amides is 1. The largest absolute Gasteiger partial charge is 0.336 e. The van der Waals surface area contributed by atoms with Crippen LogP contribution in [0.1, 0.15) is 23.7 Å². The van der Waals surface area contributed by atoms with Crippen molar-refractivity contribution in [3.8, 4) is 0 Å². The Bertz CT molecular complexity index is 470. The molecular weight excluding hydrogens is 351 g/mol. The minimum absolute atomic E-state index is 0. The molecule has 3 nitrogen and oxygen atoms in total. The fourth-order valence-corrected chi connectivity index (χ4v) is 3.00. The van der Waals surface area contributed by atoms with Gasteiger partial charge in [0.15, 0.2) is 0 Å². The van der Waals surface area contributed by atoms with Crippen LogP contribution in [0.4, 0.5) is 0 Å². The number of nitrogens with two attached hydrogens (primary N) is 1. The molecule has 0 saturated carbocycles. The Morgan fingerprint density at radius 2 is 2.26 bits per heavy atom. The Balaban J connectivity index is 0.00000180. The predicted octanol–water partition coefficient (Wildman–Crippen LogP) is 3.33. The lowest BCUT2D eigenvalue weighted by molar-refractivity contribution is 0.0742. The van der Waals surface area contributed by atoms with E-state index < -0.39 is 0 Å². The van der Waals surface area contributed by atoms with E-state index in [2.05, 4.69) is 22.9 Å². The van der Waals surface area contributed by atoms with Gasteiger partial charge in [-0.25, -0.2) is 0 Å². The summed E-state index contributed by atoms with van der Waals surface area (Å²) in [4.78, 5) is 14.4. The molecule has 1 saturated heterocycles. The maximum atomic E-state index is 12.5. The lowest BCUT2D eigenvalue weighted by atomic mass is 10.1. The summed E-state index contributed by atoms with van der Waals surface area (Å²) in [6.45, 7) is 3.42. The zero-order chi connectivity index (χ0) is 13.3. The average molecular weight is 368 g/mol. The summed E-state index contributed by atoms with van der Waals surface area (Å²) >= 11 is 9.35. The first-order valence-electron chi connectivity index (χ1n) is 5.99. The second-order valence-electron chi connectivity index (χ2n) is 4.77. The van der Waals surface area contributed by atoms with Gasteiger partial charge in [-0.3, -0.25) is 4.79 Å². The van der Waals surface area contributed by atoms with Gasteiger partial charge in [0.25, 0.3) is 5.91 Å². The van der Waals surface area contributed by atoms with Crippen LogP contribution in [-0.2, 0) is 0 Å². The summed E-state index contributed by atoms with van der Waals surface area (Å²) in [5.41, 5.74) is 6.30. The molecule has 1 aromatic rings. The molecule has 1 aliphatic rings. The number of carbonyl (C=O) groups is 1. The van der Waals surface area contributed by atoms with Gasteiger partial charge in [0.05, 0.1) is 5.56 Å². The SMILES string of the molecule is CC1CC(CN)CN1C(=O)c1cc(Cl)ccc1Br.Cl. The zero-order valence-electron chi connectivity index (χ0n) is 10.6. The Hall–Kier alpha value is -0.290. The second kappa shape index (κ2) is 6.93. The van der Waals surface area contributed by atoms with Gasteiger partial charge >= 0.3 is 0 Å². The number of likely N-dealkylation sites (tertiary alicyclic amines) is 1. The first kappa shape index (κ1) is 16.8. The van der Waals surface area contributed by atoms with Gasteiger partial charge in [-0.15, -0.1) is 12.4 Å². The highest BCUT2D eigenvalue weighted by Gasteiger charge is 2.32. The summed E-state index contributed by atoms with van der Waals surface area (Å²) < 4.78 is 0.778. The monoisotopic (exact) mass is 366 g/mol. The quantitative estimate of drug-likeness (QED) is 0.871. The van der Waals surface area contributed by atoms with Crippen LogP contribution in [0.2, 0.25) is 5.02 Å². The van der Waals surface area contributed by atoms with Gasteiger partial charge in [0.1, 0.15) is 0 Å². The normalized spacial score (nSPS) is 22.2. The molecule has 0 bridgehead atoms. The summed E-state index contributed by atoms with van der Waals surface area (Å²) in [5, 5.41) is 0.573. The van der Waals surface area contributed by atoms with Gasteiger partial charge in [-0.2, -0.15) is 0 Å². The van der Waals surface area contributed by atoms with Crippen molar-refractivity contribution < 1.29 is 4.79 Å². The molecule has 2 rings (SSSR count). The fourth-order valence-electron chi connectivity index (χ4n) is 2.41. The smallest absolute Gasteiger partial charge is 0.255 e. The van der Waals surface area contributed by atoms with Crippen molar-refractivity contribution in [3.63, 3.8) is 0 Å². The summed E-state index contributed by atoms with van der Waals surface area (Å²) in [6, 6.07) is 5.50. The molecule has 1 aliphatic heterocycles. The lowest BCUT2D eigenvalue weighted by Gasteiger charge is -2.22. The van der Waals surface area contributed by atoms with Crippen molar-refractivity contribution in [1.29, 1.82) is 0 Å². The number of halogens is 3. The number of hydrogen-bond donors (Lipinski definition) is 1. The van der Waals surface area contributed by atoms with Crippen molar-refractivity contribution in [2.75, 3.05) is 13.1 Å². The van der Waals surface area contributed by atoms with Crippen LogP contribution in [0.15, 0.2) is 22.7 Å². The highest BCUT2D eigenvalue weighted by Crippen LogP contribution is 2.28. The van der Waals surface area contributed by atoms with E-state index in [4.69, 9.17) is 17.3 Å². The molecule has 2 unspecified atom stereocenters. The molecule has 19 heavy (non-hydrogen) atoms. The second-order valence-corrected chi connectivity index (χ2v) is 6.06. The minimum Gasteiger partial charge on any atom is -0.336 e. The summed E-state index contributed by atoms with van der Waals surface area (Å²) in [7, 11) is 0. The maximum absolute atomic E-state index is 12.5. The van der Waals surface area contributed by atoms with Crippen molar-refractivity contribution in [2.45, 2.75) is 19.4 Å². The van der Waals surface area contributed by atoms with Crippen molar-refractivity contribution in [3.05, 3.63) is 33.3 Å². The van der Waals surface area contributed by atoms with Crippen LogP contribution in [0.3, 0.4) is 0 Å². The number of carbonyl (C=O) groups excluding carboxylic acids is 1. The molecule has 0 aliphatic carbocycles. The molecule has 2 N–H and O–H groups in total. The van der Waals surface area contributed by atoms with E-state index >= 15 is 0 Å². The standard InChI is InChI=1S/C13H16BrClN2O.ClH/c1-8-4-9(6-16)7-17(8)13(18)11-5-10(15)2-3-12(11)14;/h2-3,5,8-9H,4,6-7,16H2,1H3;1H. The molecule has 2 atom stereocenters. The summed E-state index contributed by atoms with van der Waals surface area (Å²) in [6.07, 6.45) is 0.973. The van der Waals surface area contributed by atoms with Gasteiger partial charge in [0, 0.05) is 22.1 Å². The molecule has 1 amide bonds. The van der Waals surface area contributed by atoms with Gasteiger partial charge in [-0.05, 0) is 59.9 Å². The molecule has 1 heterocycles. The van der Waals surface area contributed by atoms with E-state index in [0.29, 0.717) is 23.0 Å². The predicted molar refractivity (Wildman–Crippen MR) is 84.1 cm³/mol. The summed E-state index contributed by atoms with van der Waals surface area (Å²) in [5.74, 6) is 0.426. The van der Waals surface area contributed by atoms with E-state index in [1.807, 2.05) is 4.90 Å². The van der Waals surface area contributed by atoms with Gasteiger partial charge < -0.3 is 10.6 Å². The van der Waals surface area contributed by atoms with E-state index in [9.17, 15) is 4.79 Å². The molecule has 1 fully saturated rings. The van der Waals surface area contributed by atoms with Crippen molar-refractivity contribution >= 4 is 45.8 Å². The zero-order valence-corrected chi connectivity index (χ0v) is 13.8. The molecule has 6 heteroatoms. The third-order valence-corrected chi connectivity index (χ3v) is 4.34. The Labute approximate surface area is 133 Å². The van der Waals surface area contributed by atoms with Crippen LogP contribution in [-0.4, -0.2) is 29.9 Å². The highest BCUT2D eigenvalue weighted by atomic mass is 79.9. The number of hydrogen-bond acceptors (Lipinski definition) is 2. The van der Waals surface area contributed by atoms with E-state index in [0.717, 1.165) is 17.4 Å². The van der Waals surface area contributed by atoms with Crippen LogP contribution < -0.4 is 5.73 Å². The van der Waals surface area contributed by atoms with Crippen LogP contribution in [0.5, 0.6) is 0 Å². The molecular formula is C13H17BrCl2N2O. The van der Waals surface area contributed by atoms with Gasteiger partial charge in [0.2, 0.25) is 0 Å². The maximum Gasteiger partial charge on any atom is 0.255 e. The van der Waals surface area contributed by atoms with Crippen molar-refractivity contribution in [2.24, 2.45) is 11.7 Å². The third kappa shape index (κ3) is 3.63. The van der Waals surface area contributed by atoms with E-state index in [1.54, 1.807) is 18.2 Å². The molecule has 0 radical (unpaired) electrons. The first-order chi connectivity index (χ1) is 8.52. The van der Waals surface area contributed by atoms with Crippen molar-refractivity contribution in [1.82, 2.24) is 4.90 Å². The number of nitrogens with zero attached hydrogens (tertiary/aromatic N) is 1. The Morgan fingerprint density at radius 1 is 1.58 bits per heavy atom. The minimum atomic E-state index is 0. The molecule has 0 spiro atoms. The van der Waals surface area contributed by atoms with Crippen LogP contribution in [0, 0.1) is 5.92 Å². The first-order valence-corrected chi connectivity index (χ1v) is 7.16.